The summed E-state index contributed by atoms with van der Waals surface area (Å²) in [7, 11) is 0. The van der Waals surface area contributed by atoms with Gasteiger partial charge in [0.1, 0.15) is 11.6 Å². The highest BCUT2D eigenvalue weighted by Gasteiger charge is 2.35. The van der Waals surface area contributed by atoms with Crippen LogP contribution in [-0.4, -0.2) is 18.2 Å². The molecule has 1 aliphatic heterocycles. The van der Waals surface area contributed by atoms with E-state index in [1.807, 2.05) is 0 Å². The Bertz CT molecular complexity index is 595. The van der Waals surface area contributed by atoms with Crippen molar-refractivity contribution in [3.63, 3.8) is 0 Å². The zero-order valence-corrected chi connectivity index (χ0v) is 10.6. The van der Waals surface area contributed by atoms with Gasteiger partial charge in [-0.2, -0.15) is 5.26 Å². The molecule has 4 nitrogen and oxygen atoms in total. The number of nitriles is 1. The topological polar surface area (TPSA) is 61.2 Å². The summed E-state index contributed by atoms with van der Waals surface area (Å²) >= 11 is 0. The minimum atomic E-state index is -0.909. The summed E-state index contributed by atoms with van der Waals surface area (Å²) in [5.74, 6) is -3.46. The van der Waals surface area contributed by atoms with Gasteiger partial charge in [-0.05, 0) is 25.0 Å². The van der Waals surface area contributed by atoms with E-state index in [0.717, 1.165) is 11.0 Å². The van der Waals surface area contributed by atoms with E-state index in [2.05, 4.69) is 0 Å². The van der Waals surface area contributed by atoms with Gasteiger partial charge < -0.3 is 4.90 Å². The van der Waals surface area contributed by atoms with E-state index >= 15 is 0 Å². The molecule has 0 unspecified atom stereocenters. The van der Waals surface area contributed by atoms with Crippen LogP contribution in [0, 0.1) is 28.9 Å². The van der Waals surface area contributed by atoms with E-state index in [1.165, 1.54) is 6.07 Å². The van der Waals surface area contributed by atoms with Crippen molar-refractivity contribution in [1.29, 1.82) is 5.26 Å². The van der Waals surface area contributed by atoms with Crippen molar-refractivity contribution in [2.75, 3.05) is 11.4 Å². The lowest BCUT2D eigenvalue weighted by Gasteiger charge is -2.31. The summed E-state index contributed by atoms with van der Waals surface area (Å²) in [6, 6.07) is 4.65. The molecule has 104 valence electrons. The summed E-state index contributed by atoms with van der Waals surface area (Å²) in [6.07, 6.45) is 0.555. The fourth-order valence-corrected chi connectivity index (χ4v) is 2.31. The third kappa shape index (κ3) is 2.67. The number of piperidine rings is 1. The first-order chi connectivity index (χ1) is 9.54. The number of carbonyl (C=O) groups is 2. The molecule has 6 heteroatoms. The van der Waals surface area contributed by atoms with Gasteiger partial charge in [0.15, 0.2) is 5.78 Å². The second-order valence-corrected chi connectivity index (χ2v) is 4.58. The van der Waals surface area contributed by atoms with Crippen LogP contribution in [0.3, 0.4) is 0 Å². The predicted octanol–water partition coefficient (Wildman–Crippen LogP) is 2.19. The van der Waals surface area contributed by atoms with Crippen molar-refractivity contribution in [3.05, 3.63) is 29.8 Å². The Morgan fingerprint density at radius 2 is 2.20 bits per heavy atom. The summed E-state index contributed by atoms with van der Waals surface area (Å²) in [5, 5.41) is 8.51. The first-order valence-electron chi connectivity index (χ1n) is 6.20. The molecule has 0 bridgehead atoms. The minimum absolute atomic E-state index is 0.0362. The van der Waals surface area contributed by atoms with Gasteiger partial charge >= 0.3 is 0 Å². The third-order valence-corrected chi connectivity index (χ3v) is 3.28. The Kier molecular flexibility index (Phi) is 4.08. The van der Waals surface area contributed by atoms with Crippen LogP contribution >= 0.6 is 0 Å². The third-order valence-electron chi connectivity index (χ3n) is 3.28. The number of carbonyl (C=O) groups excluding carboxylic acids is 2. The molecule has 1 aromatic rings. The van der Waals surface area contributed by atoms with Crippen LogP contribution in [-0.2, 0) is 9.59 Å². The van der Waals surface area contributed by atoms with Gasteiger partial charge in [-0.1, -0.05) is 0 Å². The smallest absolute Gasteiger partial charge is 0.237 e. The van der Waals surface area contributed by atoms with Crippen LogP contribution in [0.25, 0.3) is 0 Å². The normalized spacial score (nSPS) is 18.8. The number of hydrogen-bond donors (Lipinski definition) is 0. The number of benzene rings is 1. The van der Waals surface area contributed by atoms with Crippen LogP contribution in [0.1, 0.15) is 19.3 Å². The molecule has 20 heavy (non-hydrogen) atoms. The van der Waals surface area contributed by atoms with Crippen LogP contribution < -0.4 is 4.90 Å². The number of ketones is 1. The highest BCUT2D eigenvalue weighted by atomic mass is 19.1. The van der Waals surface area contributed by atoms with Gasteiger partial charge in [0.25, 0.3) is 0 Å². The number of nitrogens with zero attached hydrogens (tertiary/aromatic N) is 2. The number of anilines is 1. The molecule has 0 radical (unpaired) electrons. The van der Waals surface area contributed by atoms with Crippen LogP contribution in [0.4, 0.5) is 14.5 Å². The number of halogens is 2. The van der Waals surface area contributed by atoms with Crippen LogP contribution in [0.15, 0.2) is 18.2 Å². The molecule has 2 rings (SSSR count). The number of Topliss-reactive ketones (excluding diaryl/α,β-unsaturated/α-hetero) is 1. The molecule has 1 aliphatic rings. The van der Waals surface area contributed by atoms with Gasteiger partial charge in [-0.25, -0.2) is 8.78 Å². The second kappa shape index (κ2) is 5.78. The second-order valence-electron chi connectivity index (χ2n) is 4.58. The average molecular weight is 278 g/mol. The van der Waals surface area contributed by atoms with Crippen molar-refractivity contribution in [2.24, 2.45) is 5.92 Å². The molecule has 0 N–H and O–H groups in total. The molecule has 1 atom stereocenters. The lowest BCUT2D eigenvalue weighted by atomic mass is 9.91. The molecule has 0 spiro atoms. The molecule has 1 amide bonds. The zero-order valence-electron chi connectivity index (χ0n) is 10.6. The standard InChI is InChI=1S/C14H12F2N2O2/c15-9-3-4-12(11(16)8-9)18-7-1-2-10(14(18)20)13(19)5-6-17/h3-4,8,10H,1-2,5,7H2/t10-/m0/s1. The molecule has 1 heterocycles. The first-order valence-corrected chi connectivity index (χ1v) is 6.20. The average Bonchev–Trinajstić information content (AvgIpc) is 2.40. The first kappa shape index (κ1) is 14.1. The van der Waals surface area contributed by atoms with E-state index in [9.17, 15) is 18.4 Å². The molecule has 1 fully saturated rings. The molecule has 0 saturated carbocycles. The minimum Gasteiger partial charge on any atom is -0.309 e. The molecule has 0 aliphatic carbocycles. The molecule has 0 aromatic heterocycles. The molecule has 1 saturated heterocycles. The molecular formula is C14H12F2N2O2. The van der Waals surface area contributed by atoms with E-state index in [-0.39, 0.29) is 18.7 Å². The summed E-state index contributed by atoms with van der Waals surface area (Å²) in [6.45, 7) is 0.276. The maximum atomic E-state index is 13.7. The Hall–Kier alpha value is -2.29. The van der Waals surface area contributed by atoms with E-state index in [4.69, 9.17) is 5.26 Å². The van der Waals surface area contributed by atoms with Gasteiger partial charge in [-0.3, -0.25) is 9.59 Å². The van der Waals surface area contributed by atoms with Crippen LogP contribution in [0.5, 0.6) is 0 Å². The highest BCUT2D eigenvalue weighted by molar-refractivity contribution is 6.09. The van der Waals surface area contributed by atoms with Crippen molar-refractivity contribution in [1.82, 2.24) is 0 Å². The number of rotatable bonds is 3. The van der Waals surface area contributed by atoms with Crippen molar-refractivity contribution < 1.29 is 18.4 Å². The Labute approximate surface area is 114 Å². The van der Waals surface area contributed by atoms with Gasteiger partial charge in [0.2, 0.25) is 5.91 Å². The largest absolute Gasteiger partial charge is 0.309 e. The monoisotopic (exact) mass is 278 g/mol. The molecular weight excluding hydrogens is 266 g/mol. The van der Waals surface area contributed by atoms with Crippen molar-refractivity contribution >= 4 is 17.4 Å². The SMILES string of the molecule is N#CCC(=O)[C@@H]1CCCN(c2ccc(F)cc2F)C1=O. The quantitative estimate of drug-likeness (QED) is 0.796. The Morgan fingerprint density at radius 1 is 1.45 bits per heavy atom. The Morgan fingerprint density at radius 3 is 2.85 bits per heavy atom. The lowest BCUT2D eigenvalue weighted by Crippen LogP contribution is -2.44. The zero-order chi connectivity index (χ0) is 14.7. The predicted molar refractivity (Wildman–Crippen MR) is 66.7 cm³/mol. The number of amides is 1. The number of hydrogen-bond acceptors (Lipinski definition) is 3. The lowest BCUT2D eigenvalue weighted by molar-refractivity contribution is -0.133. The van der Waals surface area contributed by atoms with Gasteiger partial charge in [0.05, 0.1) is 24.1 Å². The highest BCUT2D eigenvalue weighted by Crippen LogP contribution is 2.28. The van der Waals surface area contributed by atoms with E-state index in [1.54, 1.807) is 6.07 Å². The maximum absolute atomic E-state index is 13.7. The summed E-state index contributed by atoms with van der Waals surface area (Å²) in [5.41, 5.74) is -0.0362. The van der Waals surface area contributed by atoms with Crippen molar-refractivity contribution in [3.8, 4) is 6.07 Å². The maximum Gasteiger partial charge on any atom is 0.237 e. The van der Waals surface area contributed by atoms with Gasteiger partial charge in [-0.15, -0.1) is 0 Å². The van der Waals surface area contributed by atoms with E-state index < -0.39 is 29.2 Å². The fourth-order valence-electron chi connectivity index (χ4n) is 2.31. The summed E-state index contributed by atoms with van der Waals surface area (Å²) < 4.78 is 26.6. The molecule has 1 aromatic carbocycles. The van der Waals surface area contributed by atoms with Gasteiger partial charge in [0, 0.05) is 12.6 Å². The summed E-state index contributed by atoms with van der Waals surface area (Å²) in [4.78, 5) is 25.1. The fraction of sp³-hybridized carbons (Fsp3) is 0.357. The van der Waals surface area contributed by atoms with Crippen LogP contribution in [0.2, 0.25) is 0 Å². The van der Waals surface area contributed by atoms with Crippen molar-refractivity contribution in [2.45, 2.75) is 19.3 Å². The Balaban J connectivity index is 2.26. The van der Waals surface area contributed by atoms with E-state index in [0.29, 0.717) is 18.9 Å².